The molecule has 0 aliphatic rings. The van der Waals surface area contributed by atoms with Crippen LogP contribution in [0.1, 0.15) is 35.1 Å². The zero-order chi connectivity index (χ0) is 40.9. The summed E-state index contributed by atoms with van der Waals surface area (Å²) in [4.78, 5) is 28.3. The van der Waals surface area contributed by atoms with E-state index in [0.717, 1.165) is 67.1 Å². The number of fused-ring (bicyclic) bond motifs is 3. The zero-order valence-corrected chi connectivity index (χ0v) is 33.9. The fourth-order valence-corrected chi connectivity index (χ4v) is 8.05. The molecule has 0 fully saturated rings. The van der Waals surface area contributed by atoms with Crippen LogP contribution in [0.3, 0.4) is 0 Å². The van der Waals surface area contributed by atoms with E-state index in [1.54, 1.807) is 0 Å². The molecule has 0 saturated heterocycles. The Balaban J connectivity index is 1.30. The Morgan fingerprint density at radius 1 is 0.458 bits per heavy atom. The minimum Gasteiger partial charge on any atom is -0.469 e. The molecule has 0 unspecified atom stereocenters. The molecule has 8 aromatic rings. The van der Waals surface area contributed by atoms with Crippen LogP contribution in [0.4, 0.5) is 34.1 Å². The van der Waals surface area contributed by atoms with Crippen molar-refractivity contribution < 1.29 is 19.1 Å². The van der Waals surface area contributed by atoms with Crippen molar-refractivity contribution in [1.82, 2.24) is 4.57 Å². The number of ether oxygens (including phenoxy) is 2. The first-order chi connectivity index (χ1) is 28.8. The molecule has 0 bridgehead atoms. The van der Waals surface area contributed by atoms with Gasteiger partial charge in [0.15, 0.2) is 0 Å². The van der Waals surface area contributed by atoms with E-state index in [2.05, 4.69) is 180 Å². The first-order valence-electron chi connectivity index (χ1n) is 20.0. The smallest absolute Gasteiger partial charge is 0.305 e. The predicted molar refractivity (Wildman–Crippen MR) is 240 cm³/mol. The number of nitrogens with zero attached hydrogens (tertiary/aromatic N) is 3. The second kappa shape index (κ2) is 17.2. The summed E-state index contributed by atoms with van der Waals surface area (Å²) in [5.41, 5.74) is 14.1. The van der Waals surface area contributed by atoms with Crippen LogP contribution in [-0.2, 0) is 31.9 Å². The number of carbonyl (C=O) groups is 2. The summed E-state index contributed by atoms with van der Waals surface area (Å²) >= 11 is 0. The molecule has 0 aliphatic heterocycles. The summed E-state index contributed by atoms with van der Waals surface area (Å²) in [6.45, 7) is 4.36. The number of para-hydroxylation sites is 3. The second-order valence-electron chi connectivity index (χ2n) is 14.8. The number of esters is 2. The van der Waals surface area contributed by atoms with E-state index >= 15 is 0 Å². The lowest BCUT2D eigenvalue weighted by Gasteiger charge is -2.26. The molecule has 7 aromatic carbocycles. The number of hydrogen-bond donors (Lipinski definition) is 0. The predicted octanol–water partition coefficient (Wildman–Crippen LogP) is 12.6. The van der Waals surface area contributed by atoms with Crippen molar-refractivity contribution in [1.29, 1.82) is 0 Å². The van der Waals surface area contributed by atoms with Gasteiger partial charge in [0.05, 0.1) is 30.9 Å². The largest absolute Gasteiger partial charge is 0.469 e. The monoisotopic (exact) mass is 777 g/mol. The quantitative estimate of drug-likeness (QED) is 0.109. The first-order valence-corrected chi connectivity index (χ1v) is 20.0. The molecule has 0 spiro atoms. The molecule has 0 N–H and O–H groups in total. The third-order valence-corrected chi connectivity index (χ3v) is 11.0. The maximum atomic E-state index is 11.9. The minimum atomic E-state index is -0.214. The van der Waals surface area contributed by atoms with Crippen LogP contribution in [-0.4, -0.2) is 30.7 Å². The van der Waals surface area contributed by atoms with E-state index in [4.69, 9.17) is 9.47 Å². The van der Waals surface area contributed by atoms with Crippen molar-refractivity contribution in [2.45, 2.75) is 39.5 Å². The van der Waals surface area contributed by atoms with Gasteiger partial charge in [-0.2, -0.15) is 0 Å². The van der Waals surface area contributed by atoms with E-state index in [9.17, 15) is 9.59 Å². The van der Waals surface area contributed by atoms with Gasteiger partial charge in [-0.1, -0.05) is 78.9 Å². The Morgan fingerprint density at radius 2 is 0.831 bits per heavy atom. The van der Waals surface area contributed by atoms with Crippen LogP contribution < -0.4 is 9.80 Å². The van der Waals surface area contributed by atoms with E-state index in [1.165, 1.54) is 31.0 Å². The number of hydrogen-bond acceptors (Lipinski definition) is 6. The van der Waals surface area contributed by atoms with Gasteiger partial charge in [-0.05, 0) is 134 Å². The summed E-state index contributed by atoms with van der Waals surface area (Å²) in [5, 5.41) is 2.26. The molecule has 59 heavy (non-hydrogen) atoms. The molecule has 0 amide bonds. The molecule has 1 aromatic heterocycles. The Hall–Kier alpha value is -7.12. The van der Waals surface area contributed by atoms with Gasteiger partial charge in [0.2, 0.25) is 0 Å². The summed E-state index contributed by atoms with van der Waals surface area (Å²) < 4.78 is 12.2. The van der Waals surface area contributed by atoms with Crippen molar-refractivity contribution in [3.63, 3.8) is 0 Å². The average molecular weight is 778 g/mol. The number of rotatable bonds is 13. The van der Waals surface area contributed by atoms with Gasteiger partial charge in [0, 0.05) is 57.7 Å². The molecule has 294 valence electrons. The Bertz CT molecular complexity index is 2560. The Morgan fingerprint density at radius 3 is 1.22 bits per heavy atom. The fourth-order valence-electron chi connectivity index (χ4n) is 8.05. The highest BCUT2D eigenvalue weighted by Crippen LogP contribution is 2.43. The van der Waals surface area contributed by atoms with Gasteiger partial charge in [-0.3, -0.25) is 9.59 Å². The highest BCUT2D eigenvalue weighted by Gasteiger charge is 2.21. The Kier molecular flexibility index (Phi) is 11.3. The molecule has 8 rings (SSSR count). The highest BCUT2D eigenvalue weighted by molar-refractivity contribution is 6.12. The van der Waals surface area contributed by atoms with Crippen molar-refractivity contribution in [3.05, 3.63) is 186 Å². The fraction of sp³-hybridized carbons (Fsp3) is 0.154. The van der Waals surface area contributed by atoms with Crippen LogP contribution >= 0.6 is 0 Å². The van der Waals surface area contributed by atoms with Gasteiger partial charge in [0.25, 0.3) is 0 Å². The summed E-state index contributed by atoms with van der Waals surface area (Å²) in [7, 11) is 2.85. The Labute approximate surface area is 345 Å². The number of anilines is 6. The standard InChI is InChI=1S/C52H47N3O4/c1-36-12-11-13-37(2)52(36)55-48-30-28-44(53(40-14-7-5-8-15-40)42-24-18-38(19-25-42)22-32-50(56)58-3)34-46(48)47-35-45(29-31-49(47)55)54(41-16-9-6-10-17-41)43-26-20-39(21-27-43)23-33-51(57)59-4/h5-21,24-31,34-35H,22-23,32-33H2,1-4H3. The van der Waals surface area contributed by atoms with E-state index in [0.29, 0.717) is 25.7 Å². The van der Waals surface area contributed by atoms with Crippen molar-refractivity contribution in [2.75, 3.05) is 24.0 Å². The van der Waals surface area contributed by atoms with Gasteiger partial charge < -0.3 is 23.8 Å². The van der Waals surface area contributed by atoms with Gasteiger partial charge in [0.1, 0.15) is 0 Å². The summed E-state index contributed by atoms with van der Waals surface area (Å²) in [6.07, 6.45) is 1.91. The van der Waals surface area contributed by atoms with E-state index in [1.807, 2.05) is 12.1 Å². The highest BCUT2D eigenvalue weighted by atomic mass is 16.5. The number of aromatic nitrogens is 1. The lowest BCUT2D eigenvalue weighted by Crippen LogP contribution is -2.10. The number of carbonyl (C=O) groups excluding carboxylic acids is 2. The van der Waals surface area contributed by atoms with E-state index < -0.39 is 0 Å². The lowest BCUT2D eigenvalue weighted by atomic mass is 10.1. The number of methoxy groups -OCH3 is 2. The lowest BCUT2D eigenvalue weighted by molar-refractivity contribution is -0.141. The molecule has 0 aliphatic carbocycles. The van der Waals surface area contributed by atoms with Crippen molar-refractivity contribution in [2.24, 2.45) is 0 Å². The van der Waals surface area contributed by atoms with Gasteiger partial charge >= 0.3 is 11.9 Å². The molecule has 7 nitrogen and oxygen atoms in total. The molecule has 0 atom stereocenters. The third-order valence-electron chi connectivity index (χ3n) is 11.0. The molecule has 1 heterocycles. The molecular formula is C52H47N3O4. The van der Waals surface area contributed by atoms with Gasteiger partial charge in [-0.15, -0.1) is 0 Å². The normalized spacial score (nSPS) is 11.1. The van der Waals surface area contributed by atoms with E-state index in [-0.39, 0.29) is 11.9 Å². The first kappa shape index (κ1) is 38.7. The van der Waals surface area contributed by atoms with Crippen molar-refractivity contribution in [3.8, 4) is 5.69 Å². The summed E-state index contributed by atoms with van der Waals surface area (Å²) in [6, 6.07) is 57.8. The topological polar surface area (TPSA) is 64.0 Å². The second-order valence-corrected chi connectivity index (χ2v) is 14.8. The summed E-state index contributed by atoms with van der Waals surface area (Å²) in [5.74, 6) is -0.428. The number of benzene rings is 7. The SMILES string of the molecule is COC(=O)CCc1ccc(N(c2ccccc2)c2ccc3c(c2)c2cc(N(c4ccccc4)c4ccc(CCC(=O)OC)cc4)ccc2n3-c2c(C)cccc2C)cc1. The molecule has 0 saturated carbocycles. The molecular weight excluding hydrogens is 731 g/mol. The van der Waals surface area contributed by atoms with Crippen LogP contribution in [0, 0.1) is 13.8 Å². The van der Waals surface area contributed by atoms with Crippen LogP contribution in [0.5, 0.6) is 0 Å². The van der Waals surface area contributed by atoms with Crippen molar-refractivity contribution >= 4 is 67.9 Å². The maximum absolute atomic E-state index is 11.9. The minimum absolute atomic E-state index is 0.214. The van der Waals surface area contributed by atoms with Crippen LogP contribution in [0.2, 0.25) is 0 Å². The number of aryl methyl sites for hydroxylation is 4. The zero-order valence-electron chi connectivity index (χ0n) is 33.9. The average Bonchev–Trinajstić information content (AvgIpc) is 3.59. The maximum Gasteiger partial charge on any atom is 0.305 e. The molecule has 7 heteroatoms. The van der Waals surface area contributed by atoms with Crippen LogP contribution in [0.15, 0.2) is 164 Å². The third kappa shape index (κ3) is 8.05. The van der Waals surface area contributed by atoms with Crippen LogP contribution in [0.25, 0.3) is 27.5 Å². The molecule has 0 radical (unpaired) electrons. The van der Waals surface area contributed by atoms with Gasteiger partial charge in [-0.25, -0.2) is 0 Å².